The van der Waals surface area contributed by atoms with Crippen LogP contribution in [0.5, 0.6) is 11.5 Å². The average Bonchev–Trinajstić information content (AvgIpc) is 3.06. The lowest BCUT2D eigenvalue weighted by Gasteiger charge is -2.12. The third kappa shape index (κ3) is 5.20. The highest BCUT2D eigenvalue weighted by molar-refractivity contribution is 6.13. The van der Waals surface area contributed by atoms with Crippen LogP contribution in [0.25, 0.3) is 6.08 Å². The molecular weight excluding hydrogens is 423 g/mol. The van der Waals surface area contributed by atoms with E-state index in [4.69, 9.17) is 9.47 Å². The number of imide groups is 1. The molecule has 0 bridgehead atoms. The van der Waals surface area contributed by atoms with E-state index < -0.39 is 11.9 Å². The smallest absolute Gasteiger partial charge is 0.329 e. The molecule has 1 aliphatic heterocycles. The first-order valence-electron chi connectivity index (χ1n) is 10.4. The van der Waals surface area contributed by atoms with Gasteiger partial charge in [0.05, 0.1) is 13.7 Å². The van der Waals surface area contributed by atoms with Gasteiger partial charge in [-0.15, -0.1) is 0 Å². The first-order chi connectivity index (χ1) is 15.9. The van der Waals surface area contributed by atoms with E-state index in [1.54, 1.807) is 36.4 Å². The van der Waals surface area contributed by atoms with Crippen molar-refractivity contribution in [2.24, 2.45) is 0 Å². The molecule has 1 aliphatic rings. The number of carbonyl (C=O) groups is 2. The number of nitrogens with zero attached hydrogens (tertiary/aromatic N) is 1. The van der Waals surface area contributed by atoms with E-state index in [1.807, 2.05) is 31.2 Å². The molecule has 0 spiro atoms. The third-order valence-corrected chi connectivity index (χ3v) is 5.19. The normalized spacial score (nSPS) is 14.5. The maximum atomic E-state index is 13.1. The minimum atomic E-state index is -0.459. The second-order valence-corrected chi connectivity index (χ2v) is 7.69. The Bertz CT molecular complexity index is 1220. The Hall–Kier alpha value is -4.13. The maximum Gasteiger partial charge on any atom is 0.329 e. The van der Waals surface area contributed by atoms with E-state index in [9.17, 15) is 14.0 Å². The van der Waals surface area contributed by atoms with Crippen LogP contribution in [-0.4, -0.2) is 23.9 Å². The summed E-state index contributed by atoms with van der Waals surface area (Å²) in [6.45, 7) is 2.41. The topological polar surface area (TPSA) is 67.9 Å². The highest BCUT2D eigenvalue weighted by Gasteiger charge is 2.33. The van der Waals surface area contributed by atoms with Crippen molar-refractivity contribution in [3.8, 4) is 11.5 Å². The SMILES string of the molecule is COc1cc(/C=C2/NC(=O)N(Cc3cccc(C)c3)C2=O)ccc1OCc1ccc(F)cc1. The van der Waals surface area contributed by atoms with Crippen LogP contribution in [-0.2, 0) is 17.9 Å². The highest BCUT2D eigenvalue weighted by Crippen LogP contribution is 2.30. The Kier molecular flexibility index (Phi) is 6.40. The van der Waals surface area contributed by atoms with Crippen LogP contribution < -0.4 is 14.8 Å². The van der Waals surface area contributed by atoms with E-state index in [0.717, 1.165) is 16.7 Å². The summed E-state index contributed by atoms with van der Waals surface area (Å²) in [4.78, 5) is 26.4. The molecule has 3 aromatic carbocycles. The van der Waals surface area contributed by atoms with Crippen molar-refractivity contribution in [2.45, 2.75) is 20.1 Å². The number of ether oxygens (including phenoxy) is 2. The van der Waals surface area contributed by atoms with Crippen LogP contribution >= 0.6 is 0 Å². The molecule has 1 heterocycles. The average molecular weight is 446 g/mol. The zero-order valence-electron chi connectivity index (χ0n) is 18.3. The Labute approximate surface area is 191 Å². The molecule has 7 heteroatoms. The first kappa shape index (κ1) is 22.1. The summed E-state index contributed by atoms with van der Waals surface area (Å²) in [7, 11) is 1.52. The molecule has 0 aliphatic carbocycles. The van der Waals surface area contributed by atoms with Crippen molar-refractivity contribution < 1.29 is 23.5 Å². The van der Waals surface area contributed by atoms with Gasteiger partial charge in [0.2, 0.25) is 0 Å². The summed E-state index contributed by atoms with van der Waals surface area (Å²) < 4.78 is 24.3. The minimum absolute atomic E-state index is 0.190. The molecule has 4 rings (SSSR count). The van der Waals surface area contributed by atoms with E-state index in [-0.39, 0.29) is 24.7 Å². The number of urea groups is 1. The largest absolute Gasteiger partial charge is 0.493 e. The lowest BCUT2D eigenvalue weighted by atomic mass is 10.1. The fourth-order valence-electron chi connectivity index (χ4n) is 3.51. The molecule has 168 valence electrons. The number of halogens is 1. The van der Waals surface area contributed by atoms with Gasteiger partial charge in [-0.25, -0.2) is 9.18 Å². The lowest BCUT2D eigenvalue weighted by molar-refractivity contribution is -0.123. The molecule has 0 radical (unpaired) electrons. The Morgan fingerprint density at radius 3 is 2.48 bits per heavy atom. The maximum absolute atomic E-state index is 13.1. The van der Waals surface area contributed by atoms with Crippen molar-refractivity contribution in [3.63, 3.8) is 0 Å². The number of hydrogen-bond donors (Lipinski definition) is 1. The van der Waals surface area contributed by atoms with Crippen molar-refractivity contribution in [1.82, 2.24) is 10.2 Å². The van der Waals surface area contributed by atoms with E-state index >= 15 is 0 Å². The molecule has 6 nitrogen and oxygen atoms in total. The molecule has 1 fully saturated rings. The summed E-state index contributed by atoms with van der Waals surface area (Å²) in [5.74, 6) is 0.281. The van der Waals surface area contributed by atoms with Crippen molar-refractivity contribution >= 4 is 18.0 Å². The summed E-state index contributed by atoms with van der Waals surface area (Å²) in [5.41, 5.74) is 3.61. The summed E-state index contributed by atoms with van der Waals surface area (Å²) >= 11 is 0. The summed E-state index contributed by atoms with van der Waals surface area (Å²) in [6.07, 6.45) is 1.60. The van der Waals surface area contributed by atoms with E-state index in [0.29, 0.717) is 17.1 Å². The zero-order valence-corrected chi connectivity index (χ0v) is 18.3. The quantitative estimate of drug-likeness (QED) is 0.418. The number of rotatable bonds is 7. The van der Waals surface area contributed by atoms with E-state index in [1.165, 1.54) is 24.1 Å². The number of methoxy groups -OCH3 is 1. The van der Waals surface area contributed by atoms with Crippen LogP contribution in [0, 0.1) is 12.7 Å². The molecule has 0 aromatic heterocycles. The Balaban J connectivity index is 1.48. The van der Waals surface area contributed by atoms with Crippen molar-refractivity contribution in [2.75, 3.05) is 7.11 Å². The van der Waals surface area contributed by atoms with E-state index in [2.05, 4.69) is 5.32 Å². The fraction of sp³-hybridized carbons (Fsp3) is 0.154. The second kappa shape index (κ2) is 9.56. The first-order valence-corrected chi connectivity index (χ1v) is 10.4. The van der Waals surface area contributed by atoms with Crippen molar-refractivity contribution in [3.05, 3.63) is 100 Å². The fourth-order valence-corrected chi connectivity index (χ4v) is 3.51. The van der Waals surface area contributed by atoms with Gasteiger partial charge < -0.3 is 14.8 Å². The van der Waals surface area contributed by atoms with Gasteiger partial charge >= 0.3 is 6.03 Å². The van der Waals surface area contributed by atoms with Gasteiger partial charge in [0.25, 0.3) is 5.91 Å². The summed E-state index contributed by atoms with van der Waals surface area (Å²) in [6, 6.07) is 18.5. The number of benzene rings is 3. The van der Waals surface area contributed by atoms with Gasteiger partial charge in [-0.3, -0.25) is 9.69 Å². The molecule has 1 N–H and O–H groups in total. The van der Waals surface area contributed by atoms with Crippen LogP contribution in [0.15, 0.2) is 72.4 Å². The number of nitrogens with one attached hydrogen (secondary N) is 1. The molecule has 0 unspecified atom stereocenters. The van der Waals surface area contributed by atoms with Crippen LogP contribution in [0.4, 0.5) is 9.18 Å². The van der Waals surface area contributed by atoms with Crippen molar-refractivity contribution in [1.29, 1.82) is 0 Å². The monoisotopic (exact) mass is 446 g/mol. The zero-order chi connectivity index (χ0) is 23.4. The van der Waals surface area contributed by atoms with Gasteiger partial charge in [0.1, 0.15) is 18.1 Å². The standard InChI is InChI=1S/C26H23FN2O4/c1-17-4-3-5-20(12-17)15-29-25(30)22(28-26(29)31)13-19-8-11-23(24(14-19)32-2)33-16-18-6-9-21(27)10-7-18/h3-14H,15-16H2,1-2H3,(H,28,31)/b22-13+. The highest BCUT2D eigenvalue weighted by atomic mass is 19.1. The van der Waals surface area contributed by atoms with Gasteiger partial charge in [-0.05, 0) is 54.0 Å². The Morgan fingerprint density at radius 1 is 0.970 bits per heavy atom. The predicted octanol–water partition coefficient (Wildman–Crippen LogP) is 4.81. The molecule has 0 saturated carbocycles. The summed E-state index contributed by atoms with van der Waals surface area (Å²) in [5, 5.41) is 2.64. The van der Waals surface area contributed by atoms with Gasteiger partial charge in [0.15, 0.2) is 11.5 Å². The molecule has 3 aromatic rings. The molecule has 3 amide bonds. The molecule has 33 heavy (non-hydrogen) atoms. The van der Waals surface area contributed by atoms with Crippen LogP contribution in [0.3, 0.4) is 0 Å². The second-order valence-electron chi connectivity index (χ2n) is 7.69. The van der Waals surface area contributed by atoms with Gasteiger partial charge in [-0.1, -0.05) is 48.0 Å². The molecular formula is C26H23FN2O4. The van der Waals surface area contributed by atoms with Gasteiger partial charge in [0, 0.05) is 0 Å². The number of aryl methyl sites for hydroxylation is 1. The molecule has 0 atom stereocenters. The predicted molar refractivity (Wildman–Crippen MR) is 122 cm³/mol. The minimum Gasteiger partial charge on any atom is -0.493 e. The Morgan fingerprint density at radius 2 is 1.76 bits per heavy atom. The number of amides is 3. The van der Waals surface area contributed by atoms with Crippen LogP contribution in [0.1, 0.15) is 22.3 Å². The number of hydrogen-bond acceptors (Lipinski definition) is 4. The van der Waals surface area contributed by atoms with Gasteiger partial charge in [-0.2, -0.15) is 0 Å². The molecule has 1 saturated heterocycles. The third-order valence-electron chi connectivity index (χ3n) is 5.19. The number of carbonyl (C=O) groups excluding carboxylic acids is 2. The van der Waals surface area contributed by atoms with Crippen LogP contribution in [0.2, 0.25) is 0 Å². The lowest BCUT2D eigenvalue weighted by Crippen LogP contribution is -2.30.